The highest BCUT2D eigenvalue weighted by Gasteiger charge is 2.34. The van der Waals surface area contributed by atoms with Gasteiger partial charge in [0.15, 0.2) is 0 Å². The standard InChI is InChI=1S/C18H28N2O/c1-14(15-7-5-8-16(13-15)21-2)20-12-4-3-10-18(20)17-9-6-11-19-17/h5,7-8,13-14,17-19H,3-4,6,9-12H2,1-2H3. The number of benzene rings is 1. The lowest BCUT2D eigenvalue weighted by atomic mass is 9.91. The highest BCUT2D eigenvalue weighted by molar-refractivity contribution is 5.30. The van der Waals surface area contributed by atoms with E-state index in [0.717, 1.165) is 5.75 Å². The second-order valence-electron chi connectivity index (χ2n) is 6.46. The molecule has 2 heterocycles. The lowest BCUT2D eigenvalue weighted by molar-refractivity contribution is 0.0802. The summed E-state index contributed by atoms with van der Waals surface area (Å²) in [5.74, 6) is 0.965. The number of rotatable bonds is 4. The first-order valence-electron chi connectivity index (χ1n) is 8.42. The van der Waals surface area contributed by atoms with Crippen molar-refractivity contribution in [3.8, 4) is 5.75 Å². The molecule has 0 amide bonds. The summed E-state index contributed by atoms with van der Waals surface area (Å²) in [7, 11) is 1.75. The molecular formula is C18H28N2O. The van der Waals surface area contributed by atoms with E-state index in [4.69, 9.17) is 4.74 Å². The van der Waals surface area contributed by atoms with Crippen molar-refractivity contribution in [2.24, 2.45) is 0 Å². The first-order chi connectivity index (χ1) is 10.3. The Morgan fingerprint density at radius 3 is 2.90 bits per heavy atom. The van der Waals surface area contributed by atoms with Gasteiger partial charge in [-0.25, -0.2) is 0 Å². The van der Waals surface area contributed by atoms with E-state index in [1.807, 2.05) is 6.07 Å². The van der Waals surface area contributed by atoms with E-state index >= 15 is 0 Å². The minimum absolute atomic E-state index is 0.466. The third kappa shape index (κ3) is 3.24. The minimum Gasteiger partial charge on any atom is -0.497 e. The average Bonchev–Trinajstić information content (AvgIpc) is 3.08. The van der Waals surface area contributed by atoms with Crippen LogP contribution in [-0.4, -0.2) is 37.2 Å². The molecule has 3 unspecified atom stereocenters. The van der Waals surface area contributed by atoms with Gasteiger partial charge < -0.3 is 10.1 Å². The maximum atomic E-state index is 5.39. The monoisotopic (exact) mass is 288 g/mol. The van der Waals surface area contributed by atoms with Crippen LogP contribution in [0.5, 0.6) is 5.75 Å². The maximum Gasteiger partial charge on any atom is 0.119 e. The van der Waals surface area contributed by atoms with Gasteiger partial charge in [0.2, 0.25) is 0 Å². The molecule has 1 aromatic carbocycles. The van der Waals surface area contributed by atoms with Crippen molar-refractivity contribution in [2.75, 3.05) is 20.2 Å². The number of nitrogens with zero attached hydrogens (tertiary/aromatic N) is 1. The van der Waals surface area contributed by atoms with E-state index in [-0.39, 0.29) is 0 Å². The van der Waals surface area contributed by atoms with Crippen LogP contribution in [0.1, 0.15) is 50.6 Å². The van der Waals surface area contributed by atoms with E-state index < -0.39 is 0 Å². The Kier molecular flexibility index (Phi) is 4.81. The summed E-state index contributed by atoms with van der Waals surface area (Å²) in [6.07, 6.45) is 6.72. The summed E-state index contributed by atoms with van der Waals surface area (Å²) in [5, 5.41) is 3.72. The molecule has 3 atom stereocenters. The number of nitrogens with one attached hydrogen (secondary N) is 1. The molecule has 2 fully saturated rings. The zero-order chi connectivity index (χ0) is 14.7. The van der Waals surface area contributed by atoms with Crippen LogP contribution in [-0.2, 0) is 0 Å². The predicted octanol–water partition coefficient (Wildman–Crippen LogP) is 3.36. The average molecular weight is 288 g/mol. The number of methoxy groups -OCH3 is 1. The molecule has 3 rings (SSSR count). The van der Waals surface area contributed by atoms with Crippen LogP contribution in [0.25, 0.3) is 0 Å². The minimum atomic E-state index is 0.466. The second kappa shape index (κ2) is 6.80. The SMILES string of the molecule is COc1cccc(C(C)N2CCCCC2C2CCCN2)c1. The number of hydrogen-bond donors (Lipinski definition) is 1. The molecule has 0 spiro atoms. The largest absolute Gasteiger partial charge is 0.497 e. The number of ether oxygens (including phenoxy) is 1. The van der Waals surface area contributed by atoms with E-state index in [1.54, 1.807) is 7.11 Å². The molecule has 3 heteroatoms. The molecule has 0 radical (unpaired) electrons. The Balaban J connectivity index is 1.77. The fraction of sp³-hybridized carbons (Fsp3) is 0.667. The lowest BCUT2D eigenvalue weighted by Gasteiger charge is -2.43. The van der Waals surface area contributed by atoms with Gasteiger partial charge in [0, 0.05) is 18.1 Å². The molecule has 21 heavy (non-hydrogen) atoms. The first-order valence-corrected chi connectivity index (χ1v) is 8.42. The van der Waals surface area contributed by atoms with Gasteiger partial charge in [-0.05, 0) is 63.4 Å². The lowest BCUT2D eigenvalue weighted by Crippen LogP contribution is -2.50. The van der Waals surface area contributed by atoms with Crippen molar-refractivity contribution < 1.29 is 4.74 Å². The van der Waals surface area contributed by atoms with Crippen LogP contribution >= 0.6 is 0 Å². The Labute approximate surface area is 128 Å². The van der Waals surface area contributed by atoms with Crippen molar-refractivity contribution in [3.63, 3.8) is 0 Å². The molecular weight excluding hydrogens is 260 g/mol. The van der Waals surface area contributed by atoms with Gasteiger partial charge in [0.1, 0.15) is 5.75 Å². The van der Waals surface area contributed by atoms with Gasteiger partial charge in [-0.1, -0.05) is 18.6 Å². The van der Waals surface area contributed by atoms with Crippen molar-refractivity contribution >= 4 is 0 Å². The Morgan fingerprint density at radius 2 is 2.14 bits per heavy atom. The molecule has 116 valence electrons. The molecule has 0 saturated carbocycles. The predicted molar refractivity (Wildman–Crippen MR) is 86.8 cm³/mol. The molecule has 1 aromatic rings. The van der Waals surface area contributed by atoms with Crippen LogP contribution in [0.3, 0.4) is 0 Å². The van der Waals surface area contributed by atoms with Gasteiger partial charge in [0.25, 0.3) is 0 Å². The number of hydrogen-bond acceptors (Lipinski definition) is 3. The van der Waals surface area contributed by atoms with Crippen LogP contribution in [0.4, 0.5) is 0 Å². The Morgan fingerprint density at radius 1 is 1.24 bits per heavy atom. The molecule has 2 aliphatic rings. The summed E-state index contributed by atoms with van der Waals surface area (Å²) in [4.78, 5) is 2.72. The summed E-state index contributed by atoms with van der Waals surface area (Å²) in [5.41, 5.74) is 1.37. The summed E-state index contributed by atoms with van der Waals surface area (Å²) in [6.45, 7) is 4.77. The number of likely N-dealkylation sites (tertiary alicyclic amines) is 1. The normalized spacial score (nSPS) is 28.5. The van der Waals surface area contributed by atoms with Crippen molar-refractivity contribution in [1.29, 1.82) is 0 Å². The zero-order valence-electron chi connectivity index (χ0n) is 13.3. The molecule has 1 N–H and O–H groups in total. The van der Waals surface area contributed by atoms with Crippen LogP contribution < -0.4 is 10.1 Å². The molecule has 2 saturated heterocycles. The van der Waals surface area contributed by atoms with Gasteiger partial charge in [-0.2, -0.15) is 0 Å². The van der Waals surface area contributed by atoms with E-state index in [2.05, 4.69) is 35.3 Å². The quantitative estimate of drug-likeness (QED) is 0.919. The summed E-state index contributed by atoms with van der Waals surface area (Å²) >= 11 is 0. The second-order valence-corrected chi connectivity index (χ2v) is 6.46. The van der Waals surface area contributed by atoms with Crippen LogP contribution in [0, 0.1) is 0 Å². The zero-order valence-corrected chi connectivity index (χ0v) is 13.3. The Hall–Kier alpha value is -1.06. The van der Waals surface area contributed by atoms with Crippen LogP contribution in [0.15, 0.2) is 24.3 Å². The molecule has 3 nitrogen and oxygen atoms in total. The topological polar surface area (TPSA) is 24.5 Å². The Bertz CT molecular complexity index is 456. The van der Waals surface area contributed by atoms with Gasteiger partial charge >= 0.3 is 0 Å². The highest BCUT2D eigenvalue weighted by atomic mass is 16.5. The molecule has 0 aromatic heterocycles. The number of piperidine rings is 1. The van der Waals surface area contributed by atoms with Crippen molar-refractivity contribution in [1.82, 2.24) is 10.2 Å². The van der Waals surface area contributed by atoms with E-state index in [1.165, 1.54) is 50.8 Å². The molecule has 2 aliphatic heterocycles. The van der Waals surface area contributed by atoms with E-state index in [9.17, 15) is 0 Å². The van der Waals surface area contributed by atoms with Crippen LogP contribution in [0.2, 0.25) is 0 Å². The summed E-state index contributed by atoms with van der Waals surface area (Å²) < 4.78 is 5.39. The van der Waals surface area contributed by atoms with Gasteiger partial charge in [0.05, 0.1) is 7.11 Å². The smallest absolute Gasteiger partial charge is 0.119 e. The first kappa shape index (κ1) is 14.9. The maximum absolute atomic E-state index is 5.39. The van der Waals surface area contributed by atoms with Gasteiger partial charge in [-0.3, -0.25) is 4.90 Å². The summed E-state index contributed by atoms with van der Waals surface area (Å²) in [6, 6.07) is 10.4. The van der Waals surface area contributed by atoms with Crippen molar-refractivity contribution in [3.05, 3.63) is 29.8 Å². The third-order valence-corrected chi connectivity index (χ3v) is 5.23. The highest BCUT2D eigenvalue weighted by Crippen LogP contribution is 2.32. The van der Waals surface area contributed by atoms with Crippen molar-refractivity contribution in [2.45, 2.75) is 57.2 Å². The van der Waals surface area contributed by atoms with Gasteiger partial charge in [-0.15, -0.1) is 0 Å². The molecule has 0 bridgehead atoms. The fourth-order valence-corrected chi connectivity index (χ4v) is 4.03. The van der Waals surface area contributed by atoms with E-state index in [0.29, 0.717) is 18.1 Å². The fourth-order valence-electron chi connectivity index (χ4n) is 4.03. The third-order valence-electron chi connectivity index (χ3n) is 5.23. The molecule has 0 aliphatic carbocycles.